The van der Waals surface area contributed by atoms with Gasteiger partial charge in [-0.15, -0.1) is 0 Å². The predicted octanol–water partition coefficient (Wildman–Crippen LogP) is 3.37. The van der Waals surface area contributed by atoms with Crippen LogP contribution in [0.2, 0.25) is 0 Å². The van der Waals surface area contributed by atoms with Gasteiger partial charge in [-0.2, -0.15) is 5.26 Å². The lowest BCUT2D eigenvalue weighted by atomic mass is 10.00. The zero-order valence-corrected chi connectivity index (χ0v) is 9.97. The molecule has 0 aliphatic carbocycles. The molecule has 0 bridgehead atoms. The van der Waals surface area contributed by atoms with Crippen LogP contribution in [0.5, 0.6) is 0 Å². The lowest BCUT2D eigenvalue weighted by molar-refractivity contribution is 0.103. The van der Waals surface area contributed by atoms with E-state index in [0.29, 0.717) is 24.0 Å². The van der Waals surface area contributed by atoms with Crippen LogP contribution in [0.25, 0.3) is 0 Å². The molecule has 0 N–H and O–H groups in total. The average molecular weight is 235 g/mol. The van der Waals surface area contributed by atoms with Gasteiger partial charge in [0.15, 0.2) is 5.78 Å². The van der Waals surface area contributed by atoms with Crippen molar-refractivity contribution in [2.75, 3.05) is 0 Å². The number of hydrogen-bond acceptors (Lipinski definition) is 2. The maximum atomic E-state index is 12.2. The largest absolute Gasteiger partial charge is 0.289 e. The fourth-order valence-corrected chi connectivity index (χ4v) is 1.82. The highest BCUT2D eigenvalue weighted by Gasteiger charge is 2.08. The van der Waals surface area contributed by atoms with E-state index in [0.717, 1.165) is 5.56 Å². The molecule has 0 aliphatic heterocycles. The summed E-state index contributed by atoms with van der Waals surface area (Å²) in [5.41, 5.74) is 2.39. The van der Waals surface area contributed by atoms with Crippen LogP contribution in [0.1, 0.15) is 27.9 Å². The minimum atomic E-state index is 0.0226. The third-order valence-electron chi connectivity index (χ3n) is 2.75. The second-order valence-corrected chi connectivity index (χ2v) is 4.05. The fraction of sp³-hybridized carbons (Fsp3) is 0.125. The fourth-order valence-electron chi connectivity index (χ4n) is 1.82. The van der Waals surface area contributed by atoms with Gasteiger partial charge in [-0.3, -0.25) is 4.79 Å². The van der Waals surface area contributed by atoms with Crippen molar-refractivity contribution < 1.29 is 4.79 Å². The lowest BCUT2D eigenvalue weighted by Gasteiger charge is -2.03. The Morgan fingerprint density at radius 2 is 1.72 bits per heavy atom. The van der Waals surface area contributed by atoms with Crippen LogP contribution in [0.3, 0.4) is 0 Å². The van der Waals surface area contributed by atoms with E-state index in [1.807, 2.05) is 54.6 Å². The number of ketones is 1. The Morgan fingerprint density at radius 1 is 1.00 bits per heavy atom. The quantitative estimate of drug-likeness (QED) is 0.762. The van der Waals surface area contributed by atoms with E-state index in [2.05, 4.69) is 6.07 Å². The number of rotatable bonds is 4. The number of hydrogen-bond donors (Lipinski definition) is 0. The Kier molecular flexibility index (Phi) is 3.88. The number of carbonyl (C=O) groups excluding carboxylic acids is 1. The zero-order chi connectivity index (χ0) is 12.8. The Labute approximate surface area is 107 Å². The molecule has 0 spiro atoms. The molecule has 0 amide bonds. The van der Waals surface area contributed by atoms with Gasteiger partial charge in [0.25, 0.3) is 0 Å². The highest BCUT2D eigenvalue weighted by Crippen LogP contribution is 2.12. The van der Waals surface area contributed by atoms with Crippen LogP contribution in [0.4, 0.5) is 0 Å². The van der Waals surface area contributed by atoms with Crippen molar-refractivity contribution in [1.82, 2.24) is 0 Å². The summed E-state index contributed by atoms with van der Waals surface area (Å²) in [7, 11) is 0. The number of aryl methyl sites for hydroxylation is 1. The zero-order valence-electron chi connectivity index (χ0n) is 9.97. The van der Waals surface area contributed by atoms with Gasteiger partial charge in [-0.05, 0) is 18.1 Å². The van der Waals surface area contributed by atoms with Crippen molar-refractivity contribution in [3.05, 3.63) is 71.3 Å². The molecule has 18 heavy (non-hydrogen) atoms. The Morgan fingerprint density at radius 3 is 2.44 bits per heavy atom. The summed E-state index contributed by atoms with van der Waals surface area (Å²) in [6.45, 7) is 0. The van der Waals surface area contributed by atoms with Crippen molar-refractivity contribution in [1.29, 1.82) is 5.26 Å². The van der Waals surface area contributed by atoms with Gasteiger partial charge < -0.3 is 0 Å². The molecule has 0 fully saturated rings. The van der Waals surface area contributed by atoms with Gasteiger partial charge in [0, 0.05) is 17.5 Å². The van der Waals surface area contributed by atoms with Crippen LogP contribution in [0, 0.1) is 11.3 Å². The van der Waals surface area contributed by atoms with E-state index in [1.165, 1.54) is 0 Å². The third-order valence-corrected chi connectivity index (χ3v) is 2.75. The molecule has 0 heterocycles. The highest BCUT2D eigenvalue weighted by atomic mass is 16.1. The van der Waals surface area contributed by atoms with Crippen molar-refractivity contribution in [3.8, 4) is 6.07 Å². The van der Waals surface area contributed by atoms with Gasteiger partial charge in [0.05, 0.1) is 6.07 Å². The van der Waals surface area contributed by atoms with Crippen molar-refractivity contribution in [2.24, 2.45) is 0 Å². The van der Waals surface area contributed by atoms with Crippen molar-refractivity contribution in [2.45, 2.75) is 12.8 Å². The summed E-state index contributed by atoms with van der Waals surface area (Å²) in [4.78, 5) is 12.2. The van der Waals surface area contributed by atoms with Crippen molar-refractivity contribution >= 4 is 5.78 Å². The number of benzene rings is 2. The van der Waals surface area contributed by atoms with Gasteiger partial charge in [0.1, 0.15) is 0 Å². The second-order valence-electron chi connectivity index (χ2n) is 4.05. The smallest absolute Gasteiger partial charge is 0.193 e. The number of nitrogens with zero attached hydrogens (tertiary/aromatic N) is 1. The summed E-state index contributed by atoms with van der Waals surface area (Å²) in [6.07, 6.45) is 1.16. The highest BCUT2D eigenvalue weighted by molar-refractivity contribution is 6.09. The Balaban J connectivity index is 2.24. The van der Waals surface area contributed by atoms with E-state index in [1.54, 1.807) is 0 Å². The maximum Gasteiger partial charge on any atom is 0.193 e. The average Bonchev–Trinajstić information content (AvgIpc) is 2.45. The van der Waals surface area contributed by atoms with E-state index >= 15 is 0 Å². The molecular formula is C16H13NO. The molecule has 2 nitrogen and oxygen atoms in total. The summed E-state index contributed by atoms with van der Waals surface area (Å²) in [5, 5.41) is 8.57. The predicted molar refractivity (Wildman–Crippen MR) is 70.3 cm³/mol. The monoisotopic (exact) mass is 235 g/mol. The summed E-state index contributed by atoms with van der Waals surface area (Å²) >= 11 is 0. The van der Waals surface area contributed by atoms with Gasteiger partial charge in [0.2, 0.25) is 0 Å². The van der Waals surface area contributed by atoms with Gasteiger partial charge >= 0.3 is 0 Å². The van der Waals surface area contributed by atoms with Crippen LogP contribution in [0.15, 0.2) is 54.6 Å². The van der Waals surface area contributed by atoms with Crippen LogP contribution >= 0.6 is 0 Å². The SMILES string of the molecule is N#CCCc1cccc(C(=O)c2ccccc2)c1. The van der Waals surface area contributed by atoms with E-state index in [4.69, 9.17) is 5.26 Å². The third kappa shape index (κ3) is 2.83. The van der Waals surface area contributed by atoms with Crippen LogP contribution < -0.4 is 0 Å². The normalized spacial score (nSPS) is 9.72. The first-order valence-corrected chi connectivity index (χ1v) is 5.87. The molecule has 0 aromatic heterocycles. The molecule has 2 aromatic rings. The van der Waals surface area contributed by atoms with Gasteiger partial charge in [-0.25, -0.2) is 0 Å². The molecule has 0 saturated heterocycles. The maximum absolute atomic E-state index is 12.2. The number of carbonyl (C=O) groups is 1. The lowest BCUT2D eigenvalue weighted by Crippen LogP contribution is -2.01. The molecule has 0 saturated carbocycles. The molecule has 88 valence electrons. The molecule has 2 rings (SSSR count). The summed E-state index contributed by atoms with van der Waals surface area (Å²) in [6, 6.07) is 18.8. The topological polar surface area (TPSA) is 40.9 Å². The first-order valence-electron chi connectivity index (χ1n) is 5.87. The molecule has 0 unspecified atom stereocenters. The molecule has 2 heteroatoms. The molecule has 0 radical (unpaired) electrons. The molecular weight excluding hydrogens is 222 g/mol. The Bertz CT molecular complexity index is 582. The van der Waals surface area contributed by atoms with Gasteiger partial charge in [-0.1, -0.05) is 48.5 Å². The molecule has 0 atom stereocenters. The molecule has 2 aromatic carbocycles. The molecule has 0 aliphatic rings. The van der Waals surface area contributed by atoms with Crippen LogP contribution in [-0.2, 0) is 6.42 Å². The number of nitriles is 1. The summed E-state index contributed by atoms with van der Waals surface area (Å²) < 4.78 is 0. The second kappa shape index (κ2) is 5.79. The first kappa shape index (κ1) is 12.1. The van der Waals surface area contributed by atoms with E-state index in [-0.39, 0.29) is 5.78 Å². The Hall–Kier alpha value is -2.40. The first-order chi connectivity index (χ1) is 8.81. The summed E-state index contributed by atoms with van der Waals surface area (Å²) in [5.74, 6) is 0.0226. The minimum Gasteiger partial charge on any atom is -0.289 e. The van der Waals surface area contributed by atoms with E-state index in [9.17, 15) is 4.79 Å². The van der Waals surface area contributed by atoms with E-state index < -0.39 is 0 Å². The standard InChI is InChI=1S/C16H13NO/c17-11-5-7-13-6-4-10-15(12-13)16(18)14-8-2-1-3-9-14/h1-4,6,8-10,12H,5,7H2. The minimum absolute atomic E-state index is 0.0226. The van der Waals surface area contributed by atoms with Crippen LogP contribution in [-0.4, -0.2) is 5.78 Å². The van der Waals surface area contributed by atoms with Crippen molar-refractivity contribution in [3.63, 3.8) is 0 Å².